The first-order chi connectivity index (χ1) is 7.88. The average molecular weight is 248 g/mol. The van der Waals surface area contributed by atoms with Crippen LogP contribution in [0.25, 0.3) is 0 Å². The fourth-order valence-electron chi connectivity index (χ4n) is 2.90. The van der Waals surface area contributed by atoms with Crippen molar-refractivity contribution in [3.8, 4) is 0 Å². The van der Waals surface area contributed by atoms with Gasteiger partial charge in [0, 0.05) is 0 Å². The van der Waals surface area contributed by atoms with Crippen molar-refractivity contribution in [3.05, 3.63) is 35.9 Å². The molecule has 0 aliphatic carbocycles. The molecule has 0 amide bonds. The molecule has 94 valence electrons. The van der Waals surface area contributed by atoms with Crippen molar-refractivity contribution in [2.24, 2.45) is 5.92 Å². The van der Waals surface area contributed by atoms with E-state index in [9.17, 15) is 0 Å². The lowest BCUT2D eigenvalue weighted by molar-refractivity contribution is 0.0304. The summed E-state index contributed by atoms with van der Waals surface area (Å²) in [7, 11) is -1.52. The summed E-state index contributed by atoms with van der Waals surface area (Å²) < 4.78 is 6.64. The molecule has 1 heterocycles. The SMILES string of the molecule is CC(C)[C@]1(c2ccccc2)C[C@H](C)[Si](C)(C)O1. The van der Waals surface area contributed by atoms with Gasteiger partial charge < -0.3 is 4.43 Å². The summed E-state index contributed by atoms with van der Waals surface area (Å²) in [6, 6.07) is 10.8. The van der Waals surface area contributed by atoms with Crippen LogP contribution in [-0.2, 0) is 10.0 Å². The Morgan fingerprint density at radius 1 is 1.24 bits per heavy atom. The van der Waals surface area contributed by atoms with E-state index in [1.165, 1.54) is 12.0 Å². The Morgan fingerprint density at radius 2 is 1.82 bits per heavy atom. The van der Waals surface area contributed by atoms with E-state index >= 15 is 0 Å². The second-order valence-corrected chi connectivity index (χ2v) is 10.6. The van der Waals surface area contributed by atoms with Crippen LogP contribution in [0, 0.1) is 5.92 Å². The molecule has 0 saturated carbocycles. The molecule has 1 nitrogen and oxygen atoms in total. The predicted octanol–water partition coefficient (Wildman–Crippen LogP) is 4.55. The molecule has 0 spiro atoms. The second-order valence-electron chi connectivity index (χ2n) is 6.22. The zero-order chi connectivity index (χ0) is 12.7. The molecular formula is C15H24OSi. The van der Waals surface area contributed by atoms with Crippen LogP contribution in [0.15, 0.2) is 30.3 Å². The van der Waals surface area contributed by atoms with Crippen LogP contribution in [0.4, 0.5) is 0 Å². The van der Waals surface area contributed by atoms with E-state index in [0.717, 1.165) is 5.54 Å². The van der Waals surface area contributed by atoms with E-state index in [1.807, 2.05) is 0 Å². The minimum atomic E-state index is -1.52. The van der Waals surface area contributed by atoms with Gasteiger partial charge in [-0.05, 0) is 36.5 Å². The van der Waals surface area contributed by atoms with Crippen LogP contribution in [-0.4, -0.2) is 8.32 Å². The van der Waals surface area contributed by atoms with E-state index in [0.29, 0.717) is 5.92 Å². The highest BCUT2D eigenvalue weighted by Crippen LogP contribution is 2.52. The molecule has 2 atom stereocenters. The summed E-state index contributed by atoms with van der Waals surface area (Å²) in [5.41, 5.74) is 2.04. The van der Waals surface area contributed by atoms with Crippen LogP contribution < -0.4 is 0 Å². The third-order valence-electron chi connectivity index (χ3n) is 4.44. The average Bonchev–Trinajstić information content (AvgIpc) is 2.52. The quantitative estimate of drug-likeness (QED) is 0.698. The van der Waals surface area contributed by atoms with Crippen molar-refractivity contribution in [2.75, 3.05) is 0 Å². The van der Waals surface area contributed by atoms with Crippen LogP contribution >= 0.6 is 0 Å². The zero-order valence-corrected chi connectivity index (χ0v) is 12.7. The van der Waals surface area contributed by atoms with Gasteiger partial charge in [-0.1, -0.05) is 51.1 Å². The molecule has 17 heavy (non-hydrogen) atoms. The fraction of sp³-hybridized carbons (Fsp3) is 0.600. The van der Waals surface area contributed by atoms with E-state index in [1.54, 1.807) is 0 Å². The summed E-state index contributed by atoms with van der Waals surface area (Å²) in [6.45, 7) is 11.6. The van der Waals surface area contributed by atoms with Crippen LogP contribution in [0.3, 0.4) is 0 Å². The molecular weight excluding hydrogens is 224 g/mol. The van der Waals surface area contributed by atoms with Gasteiger partial charge in [-0.3, -0.25) is 0 Å². The molecule has 0 bridgehead atoms. The Kier molecular flexibility index (Phi) is 3.21. The van der Waals surface area contributed by atoms with Gasteiger partial charge in [0.2, 0.25) is 0 Å². The van der Waals surface area contributed by atoms with Gasteiger partial charge in [-0.2, -0.15) is 0 Å². The number of rotatable bonds is 2. The van der Waals surface area contributed by atoms with Crippen molar-refractivity contribution in [3.63, 3.8) is 0 Å². The van der Waals surface area contributed by atoms with Gasteiger partial charge in [-0.15, -0.1) is 0 Å². The largest absolute Gasteiger partial charge is 0.407 e. The van der Waals surface area contributed by atoms with Crippen LogP contribution in [0.1, 0.15) is 32.8 Å². The molecule has 2 rings (SSSR count). The zero-order valence-electron chi connectivity index (χ0n) is 11.7. The molecule has 0 unspecified atom stereocenters. The van der Waals surface area contributed by atoms with Gasteiger partial charge >= 0.3 is 0 Å². The Hall–Kier alpha value is -0.603. The standard InChI is InChI=1S/C15H24OSi/c1-12(2)15(14-9-7-6-8-10-14)11-13(3)17(4,5)16-15/h6-10,12-13H,11H2,1-5H3/t13-,15-/m0/s1. The Bertz CT molecular complexity index is 385. The van der Waals surface area contributed by atoms with Gasteiger partial charge in [0.1, 0.15) is 0 Å². The highest BCUT2D eigenvalue weighted by Gasteiger charge is 2.52. The highest BCUT2D eigenvalue weighted by atomic mass is 28.4. The van der Waals surface area contributed by atoms with Crippen molar-refractivity contribution in [2.45, 2.75) is 51.4 Å². The van der Waals surface area contributed by atoms with E-state index in [4.69, 9.17) is 4.43 Å². The Balaban J connectivity index is 2.44. The van der Waals surface area contributed by atoms with E-state index < -0.39 is 8.32 Å². The van der Waals surface area contributed by atoms with Gasteiger partial charge in [0.25, 0.3) is 0 Å². The van der Waals surface area contributed by atoms with Gasteiger partial charge in [0.15, 0.2) is 8.32 Å². The summed E-state index contributed by atoms with van der Waals surface area (Å²) in [5, 5.41) is 0. The lowest BCUT2D eigenvalue weighted by Gasteiger charge is -2.36. The second kappa shape index (κ2) is 4.25. The molecule has 1 aliphatic rings. The first kappa shape index (κ1) is 12.8. The van der Waals surface area contributed by atoms with Crippen LogP contribution in [0.2, 0.25) is 18.6 Å². The Morgan fingerprint density at radius 3 is 2.24 bits per heavy atom. The lowest BCUT2D eigenvalue weighted by Crippen LogP contribution is -2.37. The summed E-state index contributed by atoms with van der Waals surface area (Å²) in [4.78, 5) is 0. The summed E-state index contributed by atoms with van der Waals surface area (Å²) in [6.07, 6.45) is 1.17. The smallest absolute Gasteiger partial charge is 0.190 e. The lowest BCUT2D eigenvalue weighted by atomic mass is 9.80. The molecule has 1 saturated heterocycles. The molecule has 0 radical (unpaired) electrons. The van der Waals surface area contributed by atoms with E-state index in [-0.39, 0.29) is 5.60 Å². The molecule has 1 aromatic rings. The molecule has 1 fully saturated rings. The predicted molar refractivity (Wildman–Crippen MR) is 75.6 cm³/mol. The molecule has 0 aromatic heterocycles. The topological polar surface area (TPSA) is 9.23 Å². The minimum Gasteiger partial charge on any atom is -0.407 e. The van der Waals surface area contributed by atoms with Crippen molar-refractivity contribution in [1.82, 2.24) is 0 Å². The minimum absolute atomic E-state index is 0.0452. The van der Waals surface area contributed by atoms with Gasteiger partial charge in [0.05, 0.1) is 5.60 Å². The molecule has 2 heteroatoms. The van der Waals surface area contributed by atoms with Crippen LogP contribution in [0.5, 0.6) is 0 Å². The molecule has 1 aromatic carbocycles. The maximum absolute atomic E-state index is 6.64. The third kappa shape index (κ3) is 2.09. The number of hydrogen-bond donors (Lipinski definition) is 0. The van der Waals surface area contributed by atoms with Crippen molar-refractivity contribution >= 4 is 8.32 Å². The third-order valence-corrected chi connectivity index (χ3v) is 7.90. The number of hydrogen-bond acceptors (Lipinski definition) is 1. The van der Waals surface area contributed by atoms with Crippen molar-refractivity contribution < 1.29 is 4.43 Å². The fourth-order valence-corrected chi connectivity index (χ4v) is 5.27. The highest BCUT2D eigenvalue weighted by molar-refractivity contribution is 6.73. The number of benzene rings is 1. The van der Waals surface area contributed by atoms with E-state index in [2.05, 4.69) is 64.2 Å². The normalized spacial score (nSPS) is 32.0. The maximum Gasteiger partial charge on any atom is 0.190 e. The van der Waals surface area contributed by atoms with Gasteiger partial charge in [-0.25, -0.2) is 0 Å². The summed E-state index contributed by atoms with van der Waals surface area (Å²) in [5.74, 6) is 0.529. The monoisotopic (exact) mass is 248 g/mol. The van der Waals surface area contributed by atoms with Crippen molar-refractivity contribution in [1.29, 1.82) is 0 Å². The summed E-state index contributed by atoms with van der Waals surface area (Å²) >= 11 is 0. The molecule has 0 N–H and O–H groups in total. The molecule has 1 aliphatic heterocycles. The first-order valence-electron chi connectivity index (χ1n) is 6.64. The maximum atomic E-state index is 6.64. The first-order valence-corrected chi connectivity index (χ1v) is 9.63. The Labute approximate surface area is 106 Å².